The maximum Gasteiger partial charge on any atom is 0.248 e. The standard InChI is InChI=1S/C11H18NO2P/c1-9(2)11(3,12)15(13,14)10-7-5-4-6-8-10/h4-9H,12H2,1-3H3,(H,13,14). The first kappa shape index (κ1) is 12.4. The predicted molar refractivity (Wildman–Crippen MR) is 63.3 cm³/mol. The van der Waals surface area contributed by atoms with E-state index in [1.807, 2.05) is 19.9 Å². The molecule has 0 saturated carbocycles. The molecule has 0 aromatic heterocycles. The third-order valence-corrected chi connectivity index (χ3v) is 5.75. The Labute approximate surface area is 90.8 Å². The van der Waals surface area contributed by atoms with E-state index in [1.165, 1.54) is 0 Å². The molecule has 0 aliphatic carbocycles. The Bertz CT molecular complexity index is 373. The van der Waals surface area contributed by atoms with Crippen molar-refractivity contribution in [2.45, 2.75) is 26.1 Å². The van der Waals surface area contributed by atoms with Crippen molar-refractivity contribution < 1.29 is 9.46 Å². The second-order valence-corrected chi connectivity index (χ2v) is 6.92. The minimum Gasteiger partial charge on any atom is -0.340 e. The molecule has 1 aromatic rings. The zero-order valence-electron chi connectivity index (χ0n) is 9.34. The van der Waals surface area contributed by atoms with Crippen molar-refractivity contribution in [3.8, 4) is 0 Å². The summed E-state index contributed by atoms with van der Waals surface area (Å²) in [6.45, 7) is 5.34. The maximum absolute atomic E-state index is 12.3. The maximum atomic E-state index is 12.3. The Morgan fingerprint density at radius 2 is 1.80 bits per heavy atom. The van der Waals surface area contributed by atoms with E-state index >= 15 is 0 Å². The van der Waals surface area contributed by atoms with Gasteiger partial charge >= 0.3 is 0 Å². The molecule has 1 aromatic carbocycles. The van der Waals surface area contributed by atoms with E-state index in [0.717, 1.165) is 0 Å². The molecule has 0 fully saturated rings. The lowest BCUT2D eigenvalue weighted by molar-refractivity contribution is 0.386. The van der Waals surface area contributed by atoms with Crippen LogP contribution in [-0.2, 0) is 4.57 Å². The van der Waals surface area contributed by atoms with Gasteiger partial charge in [-0.15, -0.1) is 0 Å². The van der Waals surface area contributed by atoms with Gasteiger partial charge in [-0.3, -0.25) is 4.57 Å². The van der Waals surface area contributed by atoms with Gasteiger partial charge in [0.25, 0.3) is 0 Å². The van der Waals surface area contributed by atoms with Gasteiger partial charge < -0.3 is 10.6 Å². The Balaban J connectivity index is 3.20. The fourth-order valence-electron chi connectivity index (χ4n) is 1.26. The number of nitrogens with two attached hydrogens (primary N) is 1. The second kappa shape index (κ2) is 4.09. The molecule has 0 radical (unpaired) electrons. The molecule has 0 saturated heterocycles. The highest BCUT2D eigenvalue weighted by molar-refractivity contribution is 7.67. The van der Waals surface area contributed by atoms with Crippen LogP contribution in [0.5, 0.6) is 0 Å². The molecule has 2 unspecified atom stereocenters. The van der Waals surface area contributed by atoms with Crippen LogP contribution in [0, 0.1) is 5.92 Å². The van der Waals surface area contributed by atoms with Gasteiger partial charge in [-0.1, -0.05) is 32.0 Å². The van der Waals surface area contributed by atoms with Crippen molar-refractivity contribution in [3.05, 3.63) is 30.3 Å². The fourth-order valence-corrected chi connectivity index (χ4v) is 3.09. The summed E-state index contributed by atoms with van der Waals surface area (Å²) >= 11 is 0. The topological polar surface area (TPSA) is 63.3 Å². The van der Waals surface area contributed by atoms with E-state index in [4.69, 9.17) is 5.73 Å². The molecule has 0 heterocycles. The first-order valence-corrected chi connectivity index (χ1v) is 6.63. The lowest BCUT2D eigenvalue weighted by Crippen LogP contribution is -2.44. The van der Waals surface area contributed by atoms with E-state index in [2.05, 4.69) is 0 Å². The predicted octanol–water partition coefficient (Wildman–Crippen LogP) is 1.91. The van der Waals surface area contributed by atoms with Gasteiger partial charge in [0.05, 0.1) is 5.28 Å². The molecule has 0 aliphatic rings. The van der Waals surface area contributed by atoms with E-state index in [-0.39, 0.29) is 5.92 Å². The number of hydrogen-bond acceptors (Lipinski definition) is 2. The normalized spacial score (nSPS) is 19.6. The van der Waals surface area contributed by atoms with Crippen molar-refractivity contribution in [2.75, 3.05) is 0 Å². The molecule has 0 spiro atoms. The zero-order chi connectivity index (χ0) is 11.7. The summed E-state index contributed by atoms with van der Waals surface area (Å²) in [5.74, 6) is -0.0615. The summed E-state index contributed by atoms with van der Waals surface area (Å²) in [7, 11) is -3.53. The number of benzene rings is 1. The number of rotatable bonds is 3. The van der Waals surface area contributed by atoms with Gasteiger partial charge in [-0.05, 0) is 25.0 Å². The molecule has 0 bridgehead atoms. The third-order valence-electron chi connectivity index (χ3n) is 2.93. The Morgan fingerprint density at radius 1 is 1.33 bits per heavy atom. The second-order valence-electron chi connectivity index (χ2n) is 4.29. The third kappa shape index (κ3) is 2.15. The monoisotopic (exact) mass is 227 g/mol. The van der Waals surface area contributed by atoms with Crippen LogP contribution in [0.3, 0.4) is 0 Å². The minimum absolute atomic E-state index is 0.0615. The van der Waals surface area contributed by atoms with Crippen LogP contribution < -0.4 is 11.0 Å². The molecule has 3 N–H and O–H groups in total. The van der Waals surface area contributed by atoms with E-state index in [9.17, 15) is 9.46 Å². The van der Waals surface area contributed by atoms with Crippen LogP contribution in [0.4, 0.5) is 0 Å². The van der Waals surface area contributed by atoms with Gasteiger partial charge in [0.1, 0.15) is 0 Å². The molecule has 4 heteroatoms. The van der Waals surface area contributed by atoms with Crippen LogP contribution in [0.15, 0.2) is 30.3 Å². The van der Waals surface area contributed by atoms with Crippen LogP contribution >= 0.6 is 7.37 Å². The van der Waals surface area contributed by atoms with Gasteiger partial charge in [0.2, 0.25) is 7.37 Å². The molecule has 0 aliphatic heterocycles. The van der Waals surface area contributed by atoms with Crippen LogP contribution in [0.1, 0.15) is 20.8 Å². The van der Waals surface area contributed by atoms with Crippen LogP contribution in [0.25, 0.3) is 0 Å². The summed E-state index contributed by atoms with van der Waals surface area (Å²) in [5, 5.41) is -0.669. The molecule has 15 heavy (non-hydrogen) atoms. The van der Waals surface area contributed by atoms with E-state index < -0.39 is 12.6 Å². The highest BCUT2D eigenvalue weighted by Gasteiger charge is 2.43. The molecule has 0 amide bonds. The molecule has 84 valence electrons. The average molecular weight is 227 g/mol. The summed E-state index contributed by atoms with van der Waals surface area (Å²) < 4.78 is 12.3. The van der Waals surface area contributed by atoms with Crippen molar-refractivity contribution in [1.82, 2.24) is 0 Å². The van der Waals surface area contributed by atoms with Crippen molar-refractivity contribution in [3.63, 3.8) is 0 Å². The molecular weight excluding hydrogens is 209 g/mol. The molecular formula is C11H18NO2P. The van der Waals surface area contributed by atoms with Crippen molar-refractivity contribution in [2.24, 2.45) is 11.7 Å². The summed E-state index contributed by atoms with van der Waals surface area (Å²) in [6, 6.07) is 8.60. The fraction of sp³-hybridized carbons (Fsp3) is 0.455. The quantitative estimate of drug-likeness (QED) is 0.775. The Kier molecular flexibility index (Phi) is 3.39. The molecule has 2 atom stereocenters. The first-order chi connectivity index (χ1) is 6.80. The summed E-state index contributed by atoms with van der Waals surface area (Å²) in [4.78, 5) is 10.1. The lowest BCUT2D eigenvalue weighted by atomic mass is 10.1. The molecule has 3 nitrogen and oxygen atoms in total. The zero-order valence-corrected chi connectivity index (χ0v) is 10.2. The van der Waals surface area contributed by atoms with Crippen LogP contribution in [-0.4, -0.2) is 10.2 Å². The van der Waals surface area contributed by atoms with Crippen LogP contribution in [0.2, 0.25) is 0 Å². The highest BCUT2D eigenvalue weighted by atomic mass is 31.2. The largest absolute Gasteiger partial charge is 0.340 e. The summed E-state index contributed by atoms with van der Waals surface area (Å²) in [5.41, 5.74) is 5.96. The van der Waals surface area contributed by atoms with Gasteiger partial charge in [0.15, 0.2) is 0 Å². The van der Waals surface area contributed by atoms with Gasteiger partial charge in [-0.25, -0.2) is 0 Å². The number of hydrogen-bond donors (Lipinski definition) is 2. The minimum atomic E-state index is -3.53. The smallest absolute Gasteiger partial charge is 0.248 e. The van der Waals surface area contributed by atoms with Crippen molar-refractivity contribution in [1.29, 1.82) is 0 Å². The SMILES string of the molecule is CC(C)C(C)(N)P(=O)(O)c1ccccc1. The Hall–Kier alpha value is -0.630. The van der Waals surface area contributed by atoms with Crippen molar-refractivity contribution >= 4 is 12.7 Å². The lowest BCUT2D eigenvalue weighted by Gasteiger charge is -2.33. The van der Waals surface area contributed by atoms with E-state index in [0.29, 0.717) is 5.30 Å². The van der Waals surface area contributed by atoms with E-state index in [1.54, 1.807) is 31.2 Å². The average Bonchev–Trinajstić information content (AvgIpc) is 2.18. The summed E-state index contributed by atoms with van der Waals surface area (Å²) in [6.07, 6.45) is 0. The first-order valence-electron chi connectivity index (χ1n) is 4.97. The Morgan fingerprint density at radius 3 is 2.20 bits per heavy atom. The van der Waals surface area contributed by atoms with Gasteiger partial charge in [-0.2, -0.15) is 0 Å². The molecule has 1 rings (SSSR count). The van der Waals surface area contributed by atoms with Gasteiger partial charge in [0, 0.05) is 5.30 Å². The highest BCUT2D eigenvalue weighted by Crippen LogP contribution is 2.53.